The van der Waals surface area contributed by atoms with E-state index in [0.717, 1.165) is 38.5 Å². The fraction of sp³-hybridized carbons (Fsp3) is 0.791. The van der Waals surface area contributed by atoms with Crippen LogP contribution in [0.4, 0.5) is 0 Å². The van der Waals surface area contributed by atoms with Gasteiger partial charge in [-0.1, -0.05) is 172 Å². The van der Waals surface area contributed by atoms with Gasteiger partial charge < -0.3 is 20.6 Å². The normalized spacial score (nSPS) is 14.2. The molecule has 0 aliphatic carbocycles. The van der Waals surface area contributed by atoms with Gasteiger partial charge in [0, 0.05) is 0 Å². The topological polar surface area (TPSA) is 89.8 Å². The molecule has 0 aromatic rings. The van der Waals surface area contributed by atoms with Crippen molar-refractivity contribution in [3.8, 4) is 0 Å². The Morgan fingerprint density at radius 2 is 0.958 bits per heavy atom. The Bertz CT molecular complexity index is 790. The lowest BCUT2D eigenvalue weighted by Crippen LogP contribution is -2.45. The van der Waals surface area contributed by atoms with Gasteiger partial charge >= 0.3 is 0 Å². The Labute approximate surface area is 297 Å². The van der Waals surface area contributed by atoms with Crippen molar-refractivity contribution < 1.29 is 20.1 Å². The molecule has 280 valence electrons. The standard InChI is InChI=1S/C43H79NO4/c1-3-5-7-9-11-13-15-16-17-18-19-20-21-22-23-24-25-26-27-28-30-32-34-36-40(46)38-43(48)44-41(39-45)42(47)37-35-33-31-29-14-12-10-8-6-4-2/h14,19-20,22-23,29,35,37,40-42,45-47H,3-13,15-18,21,24-28,30-34,36,38-39H2,1-2H3,(H,44,48)/b20-19-,23-22-,29-14+,37-35+. The lowest BCUT2D eigenvalue weighted by atomic mass is 10.0. The zero-order chi connectivity index (χ0) is 35.2. The summed E-state index contributed by atoms with van der Waals surface area (Å²) >= 11 is 0. The third-order valence-corrected chi connectivity index (χ3v) is 9.09. The van der Waals surface area contributed by atoms with Gasteiger partial charge in [0.05, 0.1) is 31.3 Å². The van der Waals surface area contributed by atoms with E-state index in [0.29, 0.717) is 6.42 Å². The maximum Gasteiger partial charge on any atom is 0.222 e. The zero-order valence-corrected chi connectivity index (χ0v) is 31.6. The first-order valence-electron chi connectivity index (χ1n) is 20.4. The summed E-state index contributed by atoms with van der Waals surface area (Å²) in [5.41, 5.74) is 0. The van der Waals surface area contributed by atoms with Crippen LogP contribution in [0.5, 0.6) is 0 Å². The molecule has 5 heteroatoms. The van der Waals surface area contributed by atoms with Crippen LogP contribution in [-0.2, 0) is 4.79 Å². The second-order valence-corrected chi connectivity index (χ2v) is 13.9. The van der Waals surface area contributed by atoms with Crippen LogP contribution in [0.3, 0.4) is 0 Å². The first kappa shape index (κ1) is 46.3. The minimum Gasteiger partial charge on any atom is -0.394 e. The number of nitrogens with one attached hydrogen (secondary N) is 1. The van der Waals surface area contributed by atoms with Gasteiger partial charge in [0.2, 0.25) is 5.91 Å². The molecule has 0 aromatic carbocycles. The highest BCUT2D eigenvalue weighted by Gasteiger charge is 2.20. The minimum atomic E-state index is -0.952. The number of rotatable bonds is 36. The molecule has 0 aromatic heterocycles. The van der Waals surface area contributed by atoms with E-state index in [1.54, 1.807) is 6.08 Å². The minimum absolute atomic E-state index is 0.00139. The SMILES string of the molecule is CCCCCC/C=C/CC/C=C/C(O)C(CO)NC(=O)CC(O)CCCCCCCCC/C=C\C/C=C\CCCCCCCCCCC. The number of unbranched alkanes of at least 4 members (excludes halogenated alkanes) is 21. The Balaban J connectivity index is 3.69. The van der Waals surface area contributed by atoms with Gasteiger partial charge in [-0.2, -0.15) is 0 Å². The van der Waals surface area contributed by atoms with Gasteiger partial charge in [0.1, 0.15) is 0 Å². The summed E-state index contributed by atoms with van der Waals surface area (Å²) in [6, 6.07) is -0.762. The number of allylic oxidation sites excluding steroid dienone is 7. The summed E-state index contributed by atoms with van der Waals surface area (Å²) in [7, 11) is 0. The molecule has 0 heterocycles. The fourth-order valence-electron chi connectivity index (χ4n) is 5.91. The van der Waals surface area contributed by atoms with Crippen LogP contribution in [0.25, 0.3) is 0 Å². The largest absolute Gasteiger partial charge is 0.394 e. The predicted octanol–water partition coefficient (Wildman–Crippen LogP) is 11.4. The first-order valence-corrected chi connectivity index (χ1v) is 20.4. The summed E-state index contributed by atoms with van der Waals surface area (Å²) in [6.45, 7) is 4.15. The van der Waals surface area contributed by atoms with Crippen molar-refractivity contribution in [1.82, 2.24) is 5.32 Å². The van der Waals surface area contributed by atoms with E-state index in [1.165, 1.54) is 128 Å². The van der Waals surface area contributed by atoms with Gasteiger partial charge in [-0.25, -0.2) is 0 Å². The maximum absolute atomic E-state index is 12.4. The van der Waals surface area contributed by atoms with Crippen molar-refractivity contribution in [2.45, 2.75) is 212 Å². The third-order valence-electron chi connectivity index (χ3n) is 9.09. The molecule has 5 nitrogen and oxygen atoms in total. The fourth-order valence-corrected chi connectivity index (χ4v) is 5.91. The third kappa shape index (κ3) is 34.2. The van der Waals surface area contributed by atoms with Crippen LogP contribution in [0.2, 0.25) is 0 Å². The number of aliphatic hydroxyl groups is 3. The molecule has 0 saturated carbocycles. The maximum atomic E-state index is 12.4. The second kappa shape index (κ2) is 38.1. The molecule has 0 radical (unpaired) electrons. The Morgan fingerprint density at radius 3 is 1.48 bits per heavy atom. The van der Waals surface area contributed by atoms with Crippen LogP contribution >= 0.6 is 0 Å². The van der Waals surface area contributed by atoms with Crippen LogP contribution in [-0.4, -0.2) is 46.1 Å². The first-order chi connectivity index (χ1) is 23.5. The van der Waals surface area contributed by atoms with Crippen molar-refractivity contribution in [3.63, 3.8) is 0 Å². The van der Waals surface area contributed by atoms with Gasteiger partial charge in [0.15, 0.2) is 0 Å². The van der Waals surface area contributed by atoms with E-state index in [2.05, 4.69) is 55.6 Å². The second-order valence-electron chi connectivity index (χ2n) is 13.9. The van der Waals surface area contributed by atoms with Gasteiger partial charge in [-0.3, -0.25) is 4.79 Å². The molecule has 0 rings (SSSR count). The molecular formula is C43H79NO4. The molecular weight excluding hydrogens is 594 g/mol. The van der Waals surface area contributed by atoms with Crippen molar-refractivity contribution in [1.29, 1.82) is 0 Å². The summed E-state index contributed by atoms with van der Waals surface area (Å²) in [6.07, 6.45) is 48.3. The highest BCUT2D eigenvalue weighted by molar-refractivity contribution is 5.76. The lowest BCUT2D eigenvalue weighted by Gasteiger charge is -2.21. The summed E-state index contributed by atoms with van der Waals surface area (Å²) in [5, 5.41) is 33.0. The molecule has 3 unspecified atom stereocenters. The van der Waals surface area contributed by atoms with Crippen molar-refractivity contribution in [3.05, 3.63) is 48.6 Å². The van der Waals surface area contributed by atoms with Crippen molar-refractivity contribution in [2.75, 3.05) is 6.61 Å². The van der Waals surface area contributed by atoms with E-state index < -0.39 is 18.2 Å². The summed E-state index contributed by atoms with van der Waals surface area (Å²) in [5.74, 6) is -0.334. The molecule has 0 saturated heterocycles. The lowest BCUT2D eigenvalue weighted by molar-refractivity contribution is -0.124. The number of hydrogen-bond acceptors (Lipinski definition) is 4. The van der Waals surface area contributed by atoms with E-state index in [9.17, 15) is 20.1 Å². The molecule has 4 N–H and O–H groups in total. The van der Waals surface area contributed by atoms with Crippen LogP contribution in [0.15, 0.2) is 48.6 Å². The molecule has 3 atom stereocenters. The highest BCUT2D eigenvalue weighted by Crippen LogP contribution is 2.13. The van der Waals surface area contributed by atoms with E-state index in [4.69, 9.17) is 0 Å². The smallest absolute Gasteiger partial charge is 0.222 e. The van der Waals surface area contributed by atoms with Crippen LogP contribution < -0.4 is 5.32 Å². The molecule has 0 aliphatic rings. The molecule has 0 aliphatic heterocycles. The van der Waals surface area contributed by atoms with Gasteiger partial charge in [0.25, 0.3) is 0 Å². The average molecular weight is 674 g/mol. The summed E-state index contributed by atoms with van der Waals surface area (Å²) < 4.78 is 0. The van der Waals surface area contributed by atoms with E-state index in [1.807, 2.05) is 6.08 Å². The number of amides is 1. The van der Waals surface area contributed by atoms with Crippen LogP contribution in [0, 0.1) is 0 Å². The number of carbonyl (C=O) groups excluding carboxylic acids is 1. The molecule has 0 bridgehead atoms. The molecule has 1 amide bonds. The van der Waals surface area contributed by atoms with Crippen LogP contribution in [0.1, 0.15) is 194 Å². The average Bonchev–Trinajstić information content (AvgIpc) is 3.08. The molecule has 0 fully saturated rings. The molecule has 0 spiro atoms. The number of carbonyl (C=O) groups is 1. The Kier molecular flexibility index (Phi) is 36.8. The van der Waals surface area contributed by atoms with Gasteiger partial charge in [-0.05, 0) is 64.2 Å². The Morgan fingerprint density at radius 1 is 0.542 bits per heavy atom. The van der Waals surface area contributed by atoms with Crippen molar-refractivity contribution in [2.24, 2.45) is 0 Å². The monoisotopic (exact) mass is 674 g/mol. The van der Waals surface area contributed by atoms with Gasteiger partial charge in [-0.15, -0.1) is 0 Å². The molecule has 48 heavy (non-hydrogen) atoms. The zero-order valence-electron chi connectivity index (χ0n) is 31.6. The highest BCUT2D eigenvalue weighted by atomic mass is 16.3. The van der Waals surface area contributed by atoms with Crippen molar-refractivity contribution >= 4 is 5.91 Å². The number of hydrogen-bond donors (Lipinski definition) is 4. The van der Waals surface area contributed by atoms with E-state index >= 15 is 0 Å². The predicted molar refractivity (Wildman–Crippen MR) is 208 cm³/mol. The summed E-state index contributed by atoms with van der Waals surface area (Å²) in [4.78, 5) is 12.4. The Hall–Kier alpha value is -1.69. The quantitative estimate of drug-likeness (QED) is 0.0393. The number of aliphatic hydroxyl groups excluding tert-OH is 3. The van der Waals surface area contributed by atoms with E-state index in [-0.39, 0.29) is 18.9 Å².